The second-order valence-electron chi connectivity index (χ2n) is 9.75. The van der Waals surface area contributed by atoms with E-state index in [1.165, 1.54) is 44.3 Å². The molecule has 3 aromatic rings. The number of methoxy groups -OCH3 is 1. The van der Waals surface area contributed by atoms with Crippen molar-refractivity contribution in [1.29, 1.82) is 0 Å². The first kappa shape index (κ1) is 28.6. The van der Waals surface area contributed by atoms with Gasteiger partial charge in [-0.15, -0.1) is 0 Å². The number of nitrogens with zero attached hydrogens (tertiary/aromatic N) is 2. The summed E-state index contributed by atoms with van der Waals surface area (Å²) in [5.74, 6) is 6.10. The number of sulfonamides is 1. The summed E-state index contributed by atoms with van der Waals surface area (Å²) < 4.78 is 73.0. The van der Waals surface area contributed by atoms with Crippen molar-refractivity contribution in [3.8, 4) is 17.6 Å². The van der Waals surface area contributed by atoms with E-state index in [4.69, 9.17) is 4.74 Å². The van der Waals surface area contributed by atoms with Crippen LogP contribution in [0.2, 0.25) is 0 Å². The fraction of sp³-hybridized carbons (Fsp3) is 0.429. The van der Waals surface area contributed by atoms with Gasteiger partial charge in [-0.05, 0) is 49.1 Å². The zero-order chi connectivity index (χ0) is 28.2. The van der Waals surface area contributed by atoms with Gasteiger partial charge in [-0.25, -0.2) is 12.7 Å². The van der Waals surface area contributed by atoms with Gasteiger partial charge in [0.2, 0.25) is 10.0 Å². The number of hydrogen-bond acceptors (Lipinski definition) is 5. The highest BCUT2D eigenvalue weighted by Crippen LogP contribution is 2.32. The van der Waals surface area contributed by atoms with Crippen molar-refractivity contribution in [3.05, 3.63) is 48.2 Å². The average molecular weight is 563 g/mol. The molecule has 39 heavy (non-hydrogen) atoms. The fourth-order valence-electron chi connectivity index (χ4n) is 4.79. The van der Waals surface area contributed by atoms with E-state index < -0.39 is 22.7 Å². The third-order valence-corrected chi connectivity index (χ3v) is 8.59. The van der Waals surface area contributed by atoms with Gasteiger partial charge in [0.1, 0.15) is 12.3 Å². The van der Waals surface area contributed by atoms with E-state index in [0.29, 0.717) is 28.4 Å². The summed E-state index contributed by atoms with van der Waals surface area (Å²) >= 11 is 0. The van der Waals surface area contributed by atoms with Crippen LogP contribution in [-0.2, 0) is 16.6 Å². The van der Waals surface area contributed by atoms with Crippen molar-refractivity contribution >= 4 is 32.3 Å². The van der Waals surface area contributed by atoms with Gasteiger partial charge < -0.3 is 19.9 Å². The van der Waals surface area contributed by atoms with Gasteiger partial charge in [-0.3, -0.25) is 0 Å². The van der Waals surface area contributed by atoms with Crippen molar-refractivity contribution in [2.75, 3.05) is 38.4 Å². The number of aromatic nitrogens is 1. The Morgan fingerprint density at radius 2 is 1.82 bits per heavy atom. The molecular weight excluding hydrogens is 529 g/mol. The Kier molecular flexibility index (Phi) is 8.67. The summed E-state index contributed by atoms with van der Waals surface area (Å²) in [5.41, 5.74) is 2.07. The van der Waals surface area contributed by atoms with Gasteiger partial charge in [-0.1, -0.05) is 31.2 Å². The number of nitrogens with one attached hydrogen (secondary N) is 2. The maximum absolute atomic E-state index is 13.5. The van der Waals surface area contributed by atoms with Crippen LogP contribution < -0.4 is 15.4 Å². The van der Waals surface area contributed by atoms with Crippen LogP contribution in [0.4, 0.5) is 24.5 Å². The molecule has 0 aliphatic heterocycles. The highest BCUT2D eigenvalue weighted by molar-refractivity contribution is 7.89. The standard InChI is InChI=1S/C28H33F3N4O3S/c1-34(2)39(36,37)22-14-15-25(27(18-22)38-3)32-16-8-11-21-17-23-24(33-20-9-5-4-6-10-20)12-7-13-26(23)35(21)19-28(29,30)31/h7,12-15,17-18,20,32-33H,4-6,9-10,16,19H2,1-3H3. The lowest BCUT2D eigenvalue weighted by molar-refractivity contribution is -0.140. The summed E-state index contributed by atoms with van der Waals surface area (Å²) in [7, 11) is 0.670. The van der Waals surface area contributed by atoms with Crippen LogP contribution in [0.25, 0.3) is 10.9 Å². The topological polar surface area (TPSA) is 75.6 Å². The Balaban J connectivity index is 1.59. The minimum Gasteiger partial charge on any atom is -0.495 e. The molecule has 4 rings (SSSR count). The molecule has 0 amide bonds. The van der Waals surface area contributed by atoms with Crippen molar-refractivity contribution in [3.63, 3.8) is 0 Å². The molecular formula is C28H33F3N4O3S. The second-order valence-corrected chi connectivity index (χ2v) is 11.9. The summed E-state index contributed by atoms with van der Waals surface area (Å²) in [4.78, 5) is 0.0790. The van der Waals surface area contributed by atoms with Crippen LogP contribution in [0.3, 0.4) is 0 Å². The normalized spacial score (nSPS) is 14.7. The number of rotatable bonds is 8. The molecule has 1 aliphatic rings. The highest BCUT2D eigenvalue weighted by Gasteiger charge is 2.30. The van der Waals surface area contributed by atoms with Crippen LogP contribution in [0.5, 0.6) is 5.75 Å². The first-order chi connectivity index (χ1) is 18.5. The first-order valence-electron chi connectivity index (χ1n) is 12.8. The highest BCUT2D eigenvalue weighted by atomic mass is 32.2. The fourth-order valence-corrected chi connectivity index (χ4v) is 5.71. The molecule has 210 valence electrons. The maximum atomic E-state index is 13.5. The molecule has 0 spiro atoms. The number of hydrogen-bond donors (Lipinski definition) is 2. The lowest BCUT2D eigenvalue weighted by Gasteiger charge is -2.24. The third-order valence-electron chi connectivity index (χ3n) is 6.78. The average Bonchev–Trinajstić information content (AvgIpc) is 3.23. The van der Waals surface area contributed by atoms with Crippen molar-refractivity contribution in [1.82, 2.24) is 8.87 Å². The van der Waals surface area contributed by atoms with E-state index in [1.54, 1.807) is 24.3 Å². The minimum atomic E-state index is -4.41. The van der Waals surface area contributed by atoms with E-state index in [1.807, 2.05) is 6.07 Å². The summed E-state index contributed by atoms with van der Waals surface area (Å²) in [6, 6.07) is 11.8. The summed E-state index contributed by atoms with van der Waals surface area (Å²) in [6.07, 6.45) is 1.18. The van der Waals surface area contributed by atoms with Crippen LogP contribution in [-0.4, -0.2) is 57.3 Å². The Hall–Kier alpha value is -3.36. The molecule has 0 saturated heterocycles. The van der Waals surface area contributed by atoms with Gasteiger partial charge >= 0.3 is 6.18 Å². The molecule has 0 atom stereocenters. The Morgan fingerprint density at radius 3 is 2.49 bits per heavy atom. The number of halogens is 3. The van der Waals surface area contributed by atoms with Crippen LogP contribution >= 0.6 is 0 Å². The molecule has 0 bridgehead atoms. The predicted molar refractivity (Wildman–Crippen MR) is 148 cm³/mol. The predicted octanol–water partition coefficient (Wildman–Crippen LogP) is 5.67. The van der Waals surface area contributed by atoms with E-state index in [0.717, 1.165) is 35.7 Å². The van der Waals surface area contributed by atoms with Crippen LogP contribution in [0, 0.1) is 11.8 Å². The smallest absolute Gasteiger partial charge is 0.406 e. The molecule has 1 saturated carbocycles. The lowest BCUT2D eigenvalue weighted by atomic mass is 9.95. The SMILES string of the molecule is COc1cc(S(=O)(=O)N(C)C)ccc1NCC#Cc1cc2c(NC3CCCCC3)cccc2n1CC(F)(F)F. The van der Waals surface area contributed by atoms with Gasteiger partial charge in [0.15, 0.2) is 0 Å². The quantitative estimate of drug-likeness (QED) is 0.346. The van der Waals surface area contributed by atoms with E-state index in [2.05, 4.69) is 22.5 Å². The van der Waals surface area contributed by atoms with Gasteiger partial charge in [-0.2, -0.15) is 13.2 Å². The van der Waals surface area contributed by atoms with Crippen molar-refractivity contribution in [2.45, 2.75) is 55.8 Å². The van der Waals surface area contributed by atoms with Crippen LogP contribution in [0.15, 0.2) is 47.4 Å². The number of anilines is 2. The van der Waals surface area contributed by atoms with Gasteiger partial charge in [0.05, 0.1) is 35.4 Å². The van der Waals surface area contributed by atoms with E-state index >= 15 is 0 Å². The van der Waals surface area contributed by atoms with Crippen LogP contribution in [0.1, 0.15) is 37.8 Å². The monoisotopic (exact) mass is 562 g/mol. The Morgan fingerprint density at radius 1 is 1.08 bits per heavy atom. The third kappa shape index (κ3) is 6.81. The van der Waals surface area contributed by atoms with Gasteiger partial charge in [0.25, 0.3) is 0 Å². The zero-order valence-electron chi connectivity index (χ0n) is 22.2. The zero-order valence-corrected chi connectivity index (χ0v) is 23.0. The first-order valence-corrected chi connectivity index (χ1v) is 14.2. The molecule has 1 heterocycles. The van der Waals surface area contributed by atoms with E-state index in [9.17, 15) is 21.6 Å². The molecule has 7 nitrogen and oxygen atoms in total. The molecule has 11 heteroatoms. The molecule has 1 aliphatic carbocycles. The summed E-state index contributed by atoms with van der Waals surface area (Å²) in [6.45, 7) is -1.03. The second kappa shape index (κ2) is 11.8. The molecule has 0 unspecified atom stereocenters. The van der Waals surface area contributed by atoms with Crippen molar-refractivity contribution < 1.29 is 26.3 Å². The molecule has 1 fully saturated rings. The van der Waals surface area contributed by atoms with Crippen molar-refractivity contribution in [2.24, 2.45) is 0 Å². The maximum Gasteiger partial charge on any atom is 0.406 e. The number of ether oxygens (including phenoxy) is 1. The molecule has 2 aromatic carbocycles. The molecule has 2 N–H and O–H groups in total. The number of benzene rings is 2. The van der Waals surface area contributed by atoms with E-state index in [-0.39, 0.29) is 17.1 Å². The molecule has 0 radical (unpaired) electrons. The molecule has 1 aromatic heterocycles. The number of fused-ring (bicyclic) bond motifs is 1. The van der Waals surface area contributed by atoms with Gasteiger partial charge in [0, 0.05) is 37.3 Å². The largest absolute Gasteiger partial charge is 0.495 e. The Labute approximate surface area is 227 Å². The summed E-state index contributed by atoms with van der Waals surface area (Å²) in [5, 5.41) is 7.31. The Bertz CT molecular complexity index is 1480. The number of alkyl halides is 3. The minimum absolute atomic E-state index is 0.0790. The lowest BCUT2D eigenvalue weighted by Crippen LogP contribution is -2.22.